The van der Waals surface area contributed by atoms with E-state index in [0.717, 1.165) is 0 Å². The molecule has 1 aromatic carbocycles. The third-order valence-corrected chi connectivity index (χ3v) is 4.50. The van der Waals surface area contributed by atoms with Crippen LogP contribution in [0.2, 0.25) is 0 Å². The highest BCUT2D eigenvalue weighted by atomic mass is 19.4. The molecule has 0 aliphatic carbocycles. The van der Waals surface area contributed by atoms with Gasteiger partial charge in [0.15, 0.2) is 5.75 Å². The van der Waals surface area contributed by atoms with Crippen molar-refractivity contribution in [1.29, 1.82) is 0 Å². The predicted octanol–water partition coefficient (Wildman–Crippen LogP) is 3.43. The van der Waals surface area contributed by atoms with Crippen molar-refractivity contribution in [3.8, 4) is 5.75 Å². The molecular formula is C16H17BF3NO3. The van der Waals surface area contributed by atoms with Crippen LogP contribution >= 0.6 is 0 Å². The molecular weight excluding hydrogens is 322 g/mol. The molecule has 2 aromatic rings. The number of pyridine rings is 1. The highest BCUT2D eigenvalue weighted by molar-refractivity contribution is 6.65. The molecule has 128 valence electrons. The topological polar surface area (TPSA) is 40.6 Å². The van der Waals surface area contributed by atoms with E-state index >= 15 is 0 Å². The summed E-state index contributed by atoms with van der Waals surface area (Å²) in [6.07, 6.45) is -3.37. The van der Waals surface area contributed by atoms with Gasteiger partial charge in [0.25, 0.3) is 0 Å². The average molecular weight is 339 g/mol. The van der Waals surface area contributed by atoms with Crippen LogP contribution in [0.3, 0.4) is 0 Å². The van der Waals surface area contributed by atoms with E-state index in [1.54, 1.807) is 12.1 Å². The number of halogens is 3. The molecule has 0 N–H and O–H groups in total. The van der Waals surface area contributed by atoms with Crippen LogP contribution in [0.25, 0.3) is 10.9 Å². The van der Waals surface area contributed by atoms with Crippen LogP contribution < -0.4 is 10.2 Å². The Bertz CT molecular complexity index is 761. The number of ether oxygens (including phenoxy) is 1. The maximum Gasteiger partial charge on any atom is 0.573 e. The minimum absolute atomic E-state index is 0.113. The van der Waals surface area contributed by atoms with Crippen LogP contribution in [-0.4, -0.2) is 29.7 Å². The zero-order chi connectivity index (χ0) is 17.8. The van der Waals surface area contributed by atoms with Gasteiger partial charge in [-0.05, 0) is 45.3 Å². The first-order valence-corrected chi connectivity index (χ1v) is 7.49. The molecule has 1 saturated heterocycles. The van der Waals surface area contributed by atoms with Crippen molar-refractivity contribution in [2.24, 2.45) is 0 Å². The van der Waals surface area contributed by atoms with Gasteiger partial charge in [-0.15, -0.1) is 13.2 Å². The molecule has 8 heteroatoms. The van der Waals surface area contributed by atoms with E-state index in [0.29, 0.717) is 10.8 Å². The number of rotatable bonds is 2. The number of hydrogen-bond donors (Lipinski definition) is 0. The fourth-order valence-corrected chi connectivity index (χ4v) is 2.55. The van der Waals surface area contributed by atoms with E-state index in [1.165, 1.54) is 18.3 Å². The fourth-order valence-electron chi connectivity index (χ4n) is 2.55. The second-order valence-corrected chi connectivity index (χ2v) is 6.69. The molecule has 1 aliphatic heterocycles. The average Bonchev–Trinajstić information content (AvgIpc) is 2.66. The monoisotopic (exact) mass is 339 g/mol. The molecule has 2 heterocycles. The van der Waals surface area contributed by atoms with Gasteiger partial charge >= 0.3 is 13.5 Å². The van der Waals surface area contributed by atoms with Crippen molar-refractivity contribution in [3.63, 3.8) is 0 Å². The summed E-state index contributed by atoms with van der Waals surface area (Å²) >= 11 is 0. The molecule has 1 fully saturated rings. The van der Waals surface area contributed by atoms with Crippen LogP contribution in [0.5, 0.6) is 5.75 Å². The molecule has 4 nitrogen and oxygen atoms in total. The molecule has 0 saturated carbocycles. The number of alkyl halides is 3. The molecule has 0 atom stereocenters. The Morgan fingerprint density at radius 3 is 2.25 bits per heavy atom. The maximum atomic E-state index is 12.6. The Morgan fingerprint density at radius 2 is 1.67 bits per heavy atom. The first kappa shape index (κ1) is 17.0. The number of aromatic nitrogens is 1. The lowest BCUT2D eigenvalue weighted by Gasteiger charge is -2.32. The maximum absolute atomic E-state index is 12.6. The second kappa shape index (κ2) is 5.36. The van der Waals surface area contributed by atoms with E-state index in [1.807, 2.05) is 27.7 Å². The second-order valence-electron chi connectivity index (χ2n) is 6.69. The van der Waals surface area contributed by atoms with Crippen molar-refractivity contribution < 1.29 is 27.2 Å². The smallest absolute Gasteiger partial charge is 0.403 e. The summed E-state index contributed by atoms with van der Waals surface area (Å²) in [6, 6.07) is 6.08. The van der Waals surface area contributed by atoms with Crippen molar-refractivity contribution in [3.05, 3.63) is 30.5 Å². The normalized spacial score (nSPS) is 19.7. The Labute approximate surface area is 138 Å². The summed E-state index contributed by atoms with van der Waals surface area (Å²) in [5.41, 5.74) is -0.367. The third kappa shape index (κ3) is 2.96. The van der Waals surface area contributed by atoms with E-state index in [2.05, 4.69) is 9.72 Å². The predicted molar refractivity (Wildman–Crippen MR) is 84.1 cm³/mol. The van der Waals surface area contributed by atoms with E-state index < -0.39 is 24.7 Å². The Hall–Kier alpha value is -1.80. The molecule has 3 rings (SSSR count). The molecule has 1 aromatic heterocycles. The minimum Gasteiger partial charge on any atom is -0.403 e. The standard InChI is InChI=1S/C16H17BF3NO3/c1-14(2)15(3,4)24-17(23-14)11-7-8-12(22-16(18,19)20)13-10(11)6-5-9-21-13/h5-9H,1-4H3. The molecule has 0 amide bonds. The highest BCUT2D eigenvalue weighted by Crippen LogP contribution is 2.37. The Morgan fingerprint density at radius 1 is 1.04 bits per heavy atom. The van der Waals surface area contributed by atoms with Gasteiger partial charge in [-0.25, -0.2) is 0 Å². The van der Waals surface area contributed by atoms with E-state index in [-0.39, 0.29) is 11.3 Å². The van der Waals surface area contributed by atoms with Gasteiger partial charge < -0.3 is 14.0 Å². The molecule has 1 aliphatic rings. The van der Waals surface area contributed by atoms with Gasteiger partial charge in [0, 0.05) is 11.6 Å². The van der Waals surface area contributed by atoms with Crippen LogP contribution in [0.4, 0.5) is 13.2 Å². The molecule has 24 heavy (non-hydrogen) atoms. The summed E-state index contributed by atoms with van der Waals surface area (Å²) in [6.45, 7) is 7.65. The van der Waals surface area contributed by atoms with Gasteiger partial charge in [-0.2, -0.15) is 0 Å². The molecule has 0 unspecified atom stereocenters. The summed E-state index contributed by atoms with van der Waals surface area (Å²) in [4.78, 5) is 4.03. The van der Waals surface area contributed by atoms with Crippen LogP contribution in [0, 0.1) is 0 Å². The number of nitrogens with zero attached hydrogens (tertiary/aromatic N) is 1. The van der Waals surface area contributed by atoms with Crippen molar-refractivity contribution in [2.75, 3.05) is 0 Å². The van der Waals surface area contributed by atoms with Gasteiger partial charge in [-0.1, -0.05) is 12.1 Å². The first-order chi connectivity index (χ1) is 11.0. The number of benzene rings is 1. The summed E-state index contributed by atoms with van der Waals surface area (Å²) in [5, 5.41) is 0.498. The SMILES string of the molecule is CC1(C)OB(c2ccc(OC(F)(F)F)c3ncccc23)OC1(C)C. The first-order valence-electron chi connectivity index (χ1n) is 7.49. The number of fused-ring (bicyclic) bond motifs is 1. The Balaban J connectivity index is 2.07. The fraction of sp³-hybridized carbons (Fsp3) is 0.438. The lowest BCUT2D eigenvalue weighted by atomic mass is 9.76. The molecule has 0 bridgehead atoms. The molecule has 0 radical (unpaired) electrons. The van der Waals surface area contributed by atoms with Crippen molar-refractivity contribution in [1.82, 2.24) is 4.98 Å². The third-order valence-electron chi connectivity index (χ3n) is 4.50. The van der Waals surface area contributed by atoms with Gasteiger partial charge in [-0.3, -0.25) is 4.98 Å². The van der Waals surface area contributed by atoms with Gasteiger partial charge in [0.1, 0.15) is 5.52 Å². The summed E-state index contributed by atoms with van der Waals surface area (Å²) < 4.78 is 53.8. The minimum atomic E-state index is -4.78. The zero-order valence-corrected chi connectivity index (χ0v) is 13.8. The van der Waals surface area contributed by atoms with Crippen molar-refractivity contribution >= 4 is 23.5 Å². The van der Waals surface area contributed by atoms with E-state index in [4.69, 9.17) is 9.31 Å². The van der Waals surface area contributed by atoms with Crippen molar-refractivity contribution in [2.45, 2.75) is 45.3 Å². The Kier molecular flexibility index (Phi) is 3.80. The number of hydrogen-bond acceptors (Lipinski definition) is 4. The zero-order valence-electron chi connectivity index (χ0n) is 13.8. The summed E-state index contributed by atoms with van der Waals surface area (Å²) in [7, 11) is -0.693. The quantitative estimate of drug-likeness (QED) is 0.786. The molecule has 0 spiro atoms. The lowest BCUT2D eigenvalue weighted by molar-refractivity contribution is -0.274. The van der Waals surface area contributed by atoms with Crippen LogP contribution in [-0.2, 0) is 9.31 Å². The summed E-state index contributed by atoms with van der Waals surface area (Å²) in [5.74, 6) is -0.349. The highest BCUT2D eigenvalue weighted by Gasteiger charge is 2.52. The van der Waals surface area contributed by atoms with Gasteiger partial charge in [0.05, 0.1) is 11.2 Å². The largest absolute Gasteiger partial charge is 0.573 e. The van der Waals surface area contributed by atoms with Crippen LogP contribution in [0.1, 0.15) is 27.7 Å². The lowest BCUT2D eigenvalue weighted by Crippen LogP contribution is -2.41. The van der Waals surface area contributed by atoms with Crippen LogP contribution in [0.15, 0.2) is 30.5 Å². The van der Waals surface area contributed by atoms with Gasteiger partial charge in [0.2, 0.25) is 0 Å². The van der Waals surface area contributed by atoms with E-state index in [9.17, 15) is 13.2 Å².